The van der Waals surface area contributed by atoms with E-state index in [1.807, 2.05) is 12.1 Å². The Morgan fingerprint density at radius 1 is 1.30 bits per heavy atom. The van der Waals surface area contributed by atoms with Gasteiger partial charge in [-0.05, 0) is 33.6 Å². The van der Waals surface area contributed by atoms with E-state index in [-0.39, 0.29) is 0 Å². The highest BCUT2D eigenvalue weighted by atomic mass is 79.9. The van der Waals surface area contributed by atoms with Crippen LogP contribution in [0.3, 0.4) is 0 Å². The molecule has 20 heavy (non-hydrogen) atoms. The van der Waals surface area contributed by atoms with E-state index < -0.39 is 0 Å². The van der Waals surface area contributed by atoms with Crippen LogP contribution in [0.2, 0.25) is 5.02 Å². The number of methoxy groups -OCH3 is 2. The summed E-state index contributed by atoms with van der Waals surface area (Å²) in [6.07, 6.45) is 2.99. The van der Waals surface area contributed by atoms with Gasteiger partial charge in [-0.15, -0.1) is 0 Å². The summed E-state index contributed by atoms with van der Waals surface area (Å²) in [6.45, 7) is 0.551. The highest BCUT2D eigenvalue weighted by Crippen LogP contribution is 2.36. The molecule has 5 nitrogen and oxygen atoms in total. The lowest BCUT2D eigenvalue weighted by atomic mass is 10.2. The van der Waals surface area contributed by atoms with E-state index >= 15 is 0 Å². The monoisotopic (exact) mass is 357 g/mol. The van der Waals surface area contributed by atoms with Crippen molar-refractivity contribution in [1.82, 2.24) is 9.97 Å². The SMILES string of the molecule is COc1cc(CNc2ncncc2Cl)cc(Br)c1OC. The summed E-state index contributed by atoms with van der Waals surface area (Å²) in [5, 5.41) is 3.62. The topological polar surface area (TPSA) is 56.3 Å². The van der Waals surface area contributed by atoms with Gasteiger partial charge in [0.05, 0.1) is 24.9 Å². The largest absolute Gasteiger partial charge is 0.493 e. The van der Waals surface area contributed by atoms with Gasteiger partial charge in [0.1, 0.15) is 17.2 Å². The van der Waals surface area contributed by atoms with E-state index in [1.165, 1.54) is 6.33 Å². The predicted octanol–water partition coefficient (Wildman–Crippen LogP) is 3.52. The van der Waals surface area contributed by atoms with Gasteiger partial charge >= 0.3 is 0 Å². The number of hydrogen-bond donors (Lipinski definition) is 1. The number of anilines is 1. The van der Waals surface area contributed by atoms with Crippen molar-refractivity contribution in [2.24, 2.45) is 0 Å². The van der Waals surface area contributed by atoms with Crippen LogP contribution in [0.25, 0.3) is 0 Å². The fraction of sp³-hybridized carbons (Fsp3) is 0.231. The molecule has 0 aliphatic carbocycles. The number of halogens is 2. The van der Waals surface area contributed by atoms with Gasteiger partial charge in [-0.3, -0.25) is 0 Å². The first kappa shape index (κ1) is 14.9. The lowest BCUT2D eigenvalue weighted by Gasteiger charge is -2.13. The van der Waals surface area contributed by atoms with E-state index in [9.17, 15) is 0 Å². The third kappa shape index (κ3) is 3.32. The number of hydrogen-bond acceptors (Lipinski definition) is 5. The lowest BCUT2D eigenvalue weighted by molar-refractivity contribution is 0.352. The minimum atomic E-state index is 0.479. The van der Waals surface area contributed by atoms with Crippen LogP contribution in [0.1, 0.15) is 5.56 Å². The van der Waals surface area contributed by atoms with Crippen LogP contribution in [0.5, 0.6) is 11.5 Å². The summed E-state index contributed by atoms with van der Waals surface area (Å²) < 4.78 is 11.4. The molecule has 2 rings (SSSR count). The molecule has 0 aliphatic heterocycles. The molecule has 1 aromatic heterocycles. The molecule has 2 aromatic rings. The smallest absolute Gasteiger partial charge is 0.174 e. The Hall–Kier alpha value is -1.53. The van der Waals surface area contributed by atoms with Gasteiger partial charge in [0.2, 0.25) is 0 Å². The van der Waals surface area contributed by atoms with Crippen molar-refractivity contribution in [2.45, 2.75) is 6.54 Å². The quantitative estimate of drug-likeness (QED) is 0.886. The summed E-state index contributed by atoms with van der Waals surface area (Å²) >= 11 is 9.44. The van der Waals surface area contributed by atoms with Gasteiger partial charge in [-0.2, -0.15) is 0 Å². The molecule has 0 unspecified atom stereocenters. The molecule has 106 valence electrons. The maximum absolute atomic E-state index is 5.99. The molecule has 1 aromatic carbocycles. The van der Waals surface area contributed by atoms with Crippen molar-refractivity contribution < 1.29 is 9.47 Å². The maximum Gasteiger partial charge on any atom is 0.174 e. The van der Waals surface area contributed by atoms with Crippen molar-refractivity contribution >= 4 is 33.3 Å². The van der Waals surface area contributed by atoms with E-state index in [0.29, 0.717) is 28.9 Å². The number of benzene rings is 1. The minimum absolute atomic E-state index is 0.479. The maximum atomic E-state index is 5.99. The molecule has 0 spiro atoms. The molecule has 0 bridgehead atoms. The second-order valence-electron chi connectivity index (χ2n) is 3.89. The normalized spacial score (nSPS) is 10.2. The van der Waals surface area contributed by atoms with Gasteiger partial charge in [-0.25, -0.2) is 9.97 Å². The van der Waals surface area contributed by atoms with E-state index in [2.05, 4.69) is 31.2 Å². The Bertz CT molecular complexity index is 610. The number of nitrogens with zero attached hydrogens (tertiary/aromatic N) is 2. The van der Waals surface area contributed by atoms with Crippen LogP contribution in [-0.4, -0.2) is 24.2 Å². The number of rotatable bonds is 5. The van der Waals surface area contributed by atoms with Crippen molar-refractivity contribution in [1.29, 1.82) is 0 Å². The molecular weight excluding hydrogens is 346 g/mol. The molecule has 1 N–H and O–H groups in total. The Balaban J connectivity index is 2.18. The van der Waals surface area contributed by atoms with Crippen LogP contribution < -0.4 is 14.8 Å². The van der Waals surface area contributed by atoms with Crippen molar-refractivity contribution in [2.75, 3.05) is 19.5 Å². The third-order valence-electron chi connectivity index (χ3n) is 2.62. The predicted molar refractivity (Wildman–Crippen MR) is 81.6 cm³/mol. The Kier molecular flexibility index (Phi) is 5.03. The van der Waals surface area contributed by atoms with Crippen LogP contribution in [-0.2, 0) is 6.54 Å². The minimum Gasteiger partial charge on any atom is -0.493 e. The van der Waals surface area contributed by atoms with Gasteiger partial charge in [0.15, 0.2) is 11.5 Å². The van der Waals surface area contributed by atoms with Crippen molar-refractivity contribution in [3.8, 4) is 11.5 Å². The second kappa shape index (κ2) is 6.76. The average Bonchev–Trinajstić information content (AvgIpc) is 2.45. The van der Waals surface area contributed by atoms with Crippen molar-refractivity contribution in [3.63, 3.8) is 0 Å². The number of ether oxygens (including phenoxy) is 2. The van der Waals surface area contributed by atoms with Crippen LogP contribution >= 0.6 is 27.5 Å². The molecule has 0 saturated heterocycles. The molecular formula is C13H13BrClN3O2. The van der Waals surface area contributed by atoms with Crippen molar-refractivity contribution in [3.05, 3.63) is 39.7 Å². The number of aromatic nitrogens is 2. The standard InChI is InChI=1S/C13H13BrClN3O2/c1-19-11-4-8(3-9(14)12(11)20-2)5-17-13-10(15)6-16-7-18-13/h3-4,6-7H,5H2,1-2H3,(H,16,17,18). The van der Waals surface area contributed by atoms with Gasteiger partial charge in [0, 0.05) is 6.54 Å². The summed E-state index contributed by atoms with van der Waals surface area (Å²) in [7, 11) is 3.20. The Labute approximate surface area is 130 Å². The highest BCUT2D eigenvalue weighted by molar-refractivity contribution is 9.10. The van der Waals surface area contributed by atoms with Gasteiger partial charge in [-0.1, -0.05) is 11.6 Å². The molecule has 0 fully saturated rings. The molecule has 0 aliphatic rings. The summed E-state index contributed by atoms with van der Waals surface area (Å²) in [5.74, 6) is 1.91. The molecule has 0 atom stereocenters. The zero-order chi connectivity index (χ0) is 14.5. The van der Waals surface area contributed by atoms with Crippen LogP contribution in [0.15, 0.2) is 29.1 Å². The second-order valence-corrected chi connectivity index (χ2v) is 5.15. The molecule has 0 saturated carbocycles. The zero-order valence-corrected chi connectivity index (χ0v) is 13.3. The molecule has 1 heterocycles. The van der Waals surface area contributed by atoms with Gasteiger partial charge < -0.3 is 14.8 Å². The van der Waals surface area contributed by atoms with E-state index in [4.69, 9.17) is 21.1 Å². The molecule has 0 amide bonds. The summed E-state index contributed by atoms with van der Waals surface area (Å²) in [6, 6.07) is 3.84. The Morgan fingerprint density at radius 3 is 2.75 bits per heavy atom. The fourth-order valence-electron chi connectivity index (χ4n) is 1.70. The van der Waals surface area contributed by atoms with E-state index in [1.54, 1.807) is 20.4 Å². The number of nitrogens with one attached hydrogen (secondary N) is 1. The van der Waals surface area contributed by atoms with Crippen LogP contribution in [0, 0.1) is 0 Å². The lowest BCUT2D eigenvalue weighted by Crippen LogP contribution is -2.03. The average molecular weight is 359 g/mol. The molecule has 7 heteroatoms. The first-order valence-electron chi connectivity index (χ1n) is 5.75. The third-order valence-corrected chi connectivity index (χ3v) is 3.49. The summed E-state index contributed by atoms with van der Waals surface area (Å²) in [5.41, 5.74) is 1.00. The highest BCUT2D eigenvalue weighted by Gasteiger charge is 2.11. The first-order valence-corrected chi connectivity index (χ1v) is 6.92. The molecule has 0 radical (unpaired) electrons. The summed E-state index contributed by atoms with van der Waals surface area (Å²) in [4.78, 5) is 7.91. The fourth-order valence-corrected chi connectivity index (χ4v) is 2.53. The first-order chi connectivity index (χ1) is 9.65. The van der Waals surface area contributed by atoms with E-state index in [0.717, 1.165) is 10.0 Å². The zero-order valence-electron chi connectivity index (χ0n) is 11.0. The van der Waals surface area contributed by atoms with Gasteiger partial charge in [0.25, 0.3) is 0 Å². The Morgan fingerprint density at radius 2 is 2.10 bits per heavy atom. The van der Waals surface area contributed by atoms with Crippen LogP contribution in [0.4, 0.5) is 5.82 Å².